The molecule has 0 bridgehead atoms. The Morgan fingerprint density at radius 2 is 1.60 bits per heavy atom. The number of halogens is 1. The maximum atomic E-state index is 12.3. The van der Waals surface area contributed by atoms with Crippen LogP contribution in [0.3, 0.4) is 0 Å². The maximum absolute atomic E-state index is 12.3. The van der Waals surface area contributed by atoms with Gasteiger partial charge in [0.1, 0.15) is 0 Å². The standard InChI is InChI=1S/C19H22ClNO4/c1-12(21-18(22)9-13-5-7-15(20)8-6-13)14-10-16(23-2)19(25-4)17(11-14)24-3/h5-8,10-12H,9H2,1-4H3,(H,21,22). The first-order chi connectivity index (χ1) is 12.0. The zero-order valence-corrected chi connectivity index (χ0v) is 15.5. The second kappa shape index (κ2) is 8.62. The molecular weight excluding hydrogens is 342 g/mol. The second-order valence-electron chi connectivity index (χ2n) is 5.55. The topological polar surface area (TPSA) is 56.8 Å². The van der Waals surface area contributed by atoms with Gasteiger partial charge in [-0.1, -0.05) is 23.7 Å². The molecule has 134 valence electrons. The van der Waals surface area contributed by atoms with Crippen LogP contribution in [0.2, 0.25) is 5.02 Å². The average Bonchev–Trinajstić information content (AvgIpc) is 2.62. The van der Waals surface area contributed by atoms with Gasteiger partial charge >= 0.3 is 0 Å². The van der Waals surface area contributed by atoms with Gasteiger partial charge in [0.2, 0.25) is 11.7 Å². The number of rotatable bonds is 7. The molecule has 0 aliphatic carbocycles. The minimum absolute atomic E-state index is 0.0800. The molecule has 0 fully saturated rings. The van der Waals surface area contributed by atoms with Crippen molar-refractivity contribution in [1.29, 1.82) is 0 Å². The van der Waals surface area contributed by atoms with Crippen molar-refractivity contribution in [2.24, 2.45) is 0 Å². The van der Waals surface area contributed by atoms with Gasteiger partial charge in [-0.2, -0.15) is 0 Å². The molecule has 5 nitrogen and oxygen atoms in total. The fourth-order valence-corrected chi connectivity index (χ4v) is 2.64. The fraction of sp³-hybridized carbons (Fsp3) is 0.316. The lowest BCUT2D eigenvalue weighted by atomic mass is 10.1. The van der Waals surface area contributed by atoms with Gasteiger partial charge in [-0.3, -0.25) is 4.79 Å². The van der Waals surface area contributed by atoms with Gasteiger partial charge in [0, 0.05) is 5.02 Å². The van der Waals surface area contributed by atoms with Crippen LogP contribution in [0.5, 0.6) is 17.2 Å². The van der Waals surface area contributed by atoms with E-state index < -0.39 is 0 Å². The average molecular weight is 364 g/mol. The van der Waals surface area contributed by atoms with Crippen molar-refractivity contribution in [2.75, 3.05) is 21.3 Å². The Bertz CT molecular complexity index is 706. The summed E-state index contributed by atoms with van der Waals surface area (Å²) in [5.74, 6) is 1.54. The van der Waals surface area contributed by atoms with E-state index in [2.05, 4.69) is 5.32 Å². The molecule has 0 aromatic heterocycles. The molecule has 0 heterocycles. The number of carbonyl (C=O) groups is 1. The predicted octanol–water partition coefficient (Wildman–Crippen LogP) is 3.79. The van der Waals surface area contributed by atoms with Gasteiger partial charge in [0.05, 0.1) is 33.8 Å². The van der Waals surface area contributed by atoms with Crippen molar-refractivity contribution in [1.82, 2.24) is 5.32 Å². The third kappa shape index (κ3) is 4.79. The van der Waals surface area contributed by atoms with E-state index >= 15 is 0 Å². The number of nitrogens with one attached hydrogen (secondary N) is 1. The van der Waals surface area contributed by atoms with Gasteiger partial charge in [-0.05, 0) is 42.3 Å². The number of hydrogen-bond acceptors (Lipinski definition) is 4. The largest absolute Gasteiger partial charge is 0.493 e. The van der Waals surface area contributed by atoms with Crippen LogP contribution in [-0.4, -0.2) is 27.2 Å². The minimum atomic E-state index is -0.214. The van der Waals surface area contributed by atoms with E-state index in [1.54, 1.807) is 33.5 Å². The van der Waals surface area contributed by atoms with Crippen LogP contribution in [0.15, 0.2) is 36.4 Å². The first-order valence-electron chi connectivity index (χ1n) is 7.82. The molecule has 0 spiro atoms. The SMILES string of the molecule is COc1cc(C(C)NC(=O)Cc2ccc(Cl)cc2)cc(OC)c1OC. The maximum Gasteiger partial charge on any atom is 0.224 e. The Morgan fingerprint density at radius 1 is 1.04 bits per heavy atom. The molecule has 2 aromatic carbocycles. The summed E-state index contributed by atoms with van der Waals surface area (Å²) >= 11 is 5.86. The molecule has 0 aliphatic rings. The van der Waals surface area contributed by atoms with E-state index in [1.165, 1.54) is 0 Å². The Kier molecular flexibility index (Phi) is 6.53. The Balaban J connectivity index is 2.12. The summed E-state index contributed by atoms with van der Waals surface area (Å²) in [5, 5.41) is 3.62. The number of amides is 1. The van der Waals surface area contributed by atoms with Crippen LogP contribution in [-0.2, 0) is 11.2 Å². The van der Waals surface area contributed by atoms with Gasteiger partial charge in [-0.15, -0.1) is 0 Å². The van der Waals surface area contributed by atoms with E-state index in [-0.39, 0.29) is 18.4 Å². The van der Waals surface area contributed by atoms with Crippen molar-refractivity contribution in [3.05, 3.63) is 52.5 Å². The number of ether oxygens (including phenoxy) is 3. The molecule has 2 rings (SSSR count). The molecule has 0 aliphatic heterocycles. The highest BCUT2D eigenvalue weighted by Crippen LogP contribution is 2.39. The minimum Gasteiger partial charge on any atom is -0.493 e. The summed E-state index contributed by atoms with van der Waals surface area (Å²) in [7, 11) is 4.67. The van der Waals surface area contributed by atoms with E-state index in [9.17, 15) is 4.79 Å². The zero-order chi connectivity index (χ0) is 18.4. The highest BCUT2D eigenvalue weighted by molar-refractivity contribution is 6.30. The molecule has 6 heteroatoms. The molecule has 1 amide bonds. The fourth-order valence-electron chi connectivity index (χ4n) is 2.51. The van der Waals surface area contributed by atoms with Crippen LogP contribution in [0, 0.1) is 0 Å². The number of benzene rings is 2. The van der Waals surface area contributed by atoms with Gasteiger partial charge in [-0.25, -0.2) is 0 Å². The number of methoxy groups -OCH3 is 3. The monoisotopic (exact) mass is 363 g/mol. The summed E-state index contributed by atoms with van der Waals surface area (Å²) in [6, 6.07) is 10.7. The highest BCUT2D eigenvalue weighted by atomic mass is 35.5. The van der Waals surface area contributed by atoms with Crippen LogP contribution in [0.25, 0.3) is 0 Å². The second-order valence-corrected chi connectivity index (χ2v) is 5.99. The molecule has 1 unspecified atom stereocenters. The van der Waals surface area contributed by atoms with Gasteiger partial charge in [0.25, 0.3) is 0 Å². The number of hydrogen-bond donors (Lipinski definition) is 1. The zero-order valence-electron chi connectivity index (χ0n) is 14.8. The lowest BCUT2D eigenvalue weighted by molar-refractivity contribution is -0.121. The molecule has 1 N–H and O–H groups in total. The van der Waals surface area contributed by atoms with Crippen molar-refractivity contribution >= 4 is 17.5 Å². The van der Waals surface area contributed by atoms with Crippen LogP contribution in [0.4, 0.5) is 0 Å². The Hall–Kier alpha value is -2.40. The lowest BCUT2D eigenvalue weighted by Crippen LogP contribution is -2.28. The molecule has 0 saturated carbocycles. The third-order valence-electron chi connectivity index (χ3n) is 3.84. The van der Waals surface area contributed by atoms with Gasteiger partial charge in [0.15, 0.2) is 11.5 Å². The van der Waals surface area contributed by atoms with Gasteiger partial charge < -0.3 is 19.5 Å². The first kappa shape index (κ1) is 18.9. The third-order valence-corrected chi connectivity index (χ3v) is 4.09. The summed E-state index contributed by atoms with van der Waals surface area (Å²) in [6.07, 6.45) is 0.284. The molecular formula is C19H22ClNO4. The molecule has 1 atom stereocenters. The molecule has 0 radical (unpaired) electrons. The lowest BCUT2D eigenvalue weighted by Gasteiger charge is -2.19. The quantitative estimate of drug-likeness (QED) is 0.813. The Labute approximate surface area is 152 Å². The van der Waals surface area contributed by atoms with E-state index in [0.717, 1.165) is 11.1 Å². The van der Waals surface area contributed by atoms with Crippen LogP contribution in [0.1, 0.15) is 24.1 Å². The van der Waals surface area contributed by atoms with Crippen molar-refractivity contribution in [3.8, 4) is 17.2 Å². The summed E-state index contributed by atoms with van der Waals surface area (Å²) in [5.41, 5.74) is 1.76. The van der Waals surface area contributed by atoms with Crippen LogP contribution >= 0.6 is 11.6 Å². The highest BCUT2D eigenvalue weighted by Gasteiger charge is 2.17. The van der Waals surface area contributed by atoms with Crippen LogP contribution < -0.4 is 19.5 Å². The smallest absolute Gasteiger partial charge is 0.224 e. The Morgan fingerprint density at radius 3 is 2.08 bits per heavy atom. The number of carbonyl (C=O) groups excluding carboxylic acids is 1. The molecule has 0 saturated heterocycles. The van der Waals surface area contributed by atoms with E-state index in [0.29, 0.717) is 22.3 Å². The van der Waals surface area contributed by atoms with Crippen molar-refractivity contribution in [2.45, 2.75) is 19.4 Å². The first-order valence-corrected chi connectivity index (χ1v) is 8.20. The van der Waals surface area contributed by atoms with Crippen molar-refractivity contribution < 1.29 is 19.0 Å². The summed E-state index contributed by atoms with van der Waals surface area (Å²) in [4.78, 5) is 12.3. The van der Waals surface area contributed by atoms with E-state index in [1.807, 2.05) is 31.2 Å². The van der Waals surface area contributed by atoms with E-state index in [4.69, 9.17) is 25.8 Å². The normalized spacial score (nSPS) is 11.6. The summed E-state index contributed by atoms with van der Waals surface area (Å²) in [6.45, 7) is 1.90. The molecule has 25 heavy (non-hydrogen) atoms. The summed E-state index contributed by atoms with van der Waals surface area (Å²) < 4.78 is 16.0. The molecule has 2 aromatic rings. The predicted molar refractivity (Wildman–Crippen MR) is 97.8 cm³/mol. The van der Waals surface area contributed by atoms with Crippen molar-refractivity contribution in [3.63, 3.8) is 0 Å².